The van der Waals surface area contributed by atoms with Gasteiger partial charge in [0.05, 0.1) is 11.1 Å². The van der Waals surface area contributed by atoms with Crippen molar-refractivity contribution in [2.75, 3.05) is 0 Å². The molecule has 4 heteroatoms. The molecule has 0 N–H and O–H groups in total. The standard InChI is InChI=1S/C58H41N2OP/c1-59-57(43-33-31-40(32-34-43)41-35-37-47(38-36-41)62(61,45-20-4-2-5-21-45)46-22-6-3-7-23-46)60-56-51-27-12-15-30-54(51)58(52-28-13-10-25-49(52)50-26-11-14-29-53(50)58)55(56)39-44-19-16-18-42-17-8-9-24-48(42)44/h2-38H,1,39H2. The Morgan fingerprint density at radius 3 is 1.53 bits per heavy atom. The highest BCUT2D eigenvalue weighted by atomic mass is 31.2. The third kappa shape index (κ3) is 5.85. The van der Waals surface area contributed by atoms with Crippen LogP contribution in [0.25, 0.3) is 38.7 Å². The molecule has 0 saturated carbocycles. The Hall–Kier alpha value is -7.45. The number of fused-ring (bicyclic) bond motifs is 8. The Labute approximate surface area is 362 Å². The van der Waals surface area contributed by atoms with E-state index in [4.69, 9.17) is 4.99 Å². The molecule has 0 saturated heterocycles. The molecule has 9 aromatic carbocycles. The average Bonchev–Trinajstić information content (AvgIpc) is 3.80. The summed E-state index contributed by atoms with van der Waals surface area (Å²) in [6.45, 7) is 4.08. The summed E-state index contributed by atoms with van der Waals surface area (Å²) in [4.78, 5) is 10.2. The molecular formula is C58H41N2OP. The minimum Gasteiger partial charge on any atom is -0.309 e. The van der Waals surface area contributed by atoms with Gasteiger partial charge in [0, 0.05) is 27.0 Å². The van der Waals surface area contributed by atoms with E-state index < -0.39 is 12.6 Å². The summed E-state index contributed by atoms with van der Waals surface area (Å²) in [6.07, 6.45) is 0.693. The van der Waals surface area contributed by atoms with Crippen LogP contribution in [0.5, 0.6) is 0 Å². The second-order valence-electron chi connectivity index (χ2n) is 16.0. The van der Waals surface area contributed by atoms with Gasteiger partial charge in [-0.25, -0.2) is 9.98 Å². The van der Waals surface area contributed by atoms with Crippen molar-refractivity contribution in [2.45, 2.75) is 11.8 Å². The van der Waals surface area contributed by atoms with Crippen LogP contribution in [-0.4, -0.2) is 12.6 Å². The van der Waals surface area contributed by atoms with Crippen LogP contribution >= 0.6 is 7.14 Å². The number of nitrogens with zero attached hydrogens (tertiary/aromatic N) is 2. The Morgan fingerprint density at radius 1 is 0.468 bits per heavy atom. The summed E-state index contributed by atoms with van der Waals surface area (Å²) in [5.41, 5.74) is 13.2. The first-order valence-corrected chi connectivity index (χ1v) is 22.8. The number of hydrogen-bond donors (Lipinski definition) is 0. The fraction of sp³-hybridized carbons (Fsp3) is 0.0345. The van der Waals surface area contributed by atoms with Gasteiger partial charge in [0.1, 0.15) is 0 Å². The van der Waals surface area contributed by atoms with Crippen LogP contribution in [0, 0.1) is 0 Å². The van der Waals surface area contributed by atoms with Gasteiger partial charge >= 0.3 is 0 Å². The molecule has 0 bridgehead atoms. The largest absolute Gasteiger partial charge is 0.309 e. The van der Waals surface area contributed by atoms with Crippen LogP contribution < -0.4 is 15.9 Å². The van der Waals surface area contributed by atoms with E-state index in [0.717, 1.165) is 43.9 Å². The first-order chi connectivity index (χ1) is 30.6. The molecule has 0 aliphatic heterocycles. The molecule has 2 aliphatic rings. The molecule has 294 valence electrons. The van der Waals surface area contributed by atoms with Crippen molar-refractivity contribution in [3.05, 3.63) is 263 Å². The van der Waals surface area contributed by atoms with Gasteiger partial charge in [0.15, 0.2) is 13.0 Å². The van der Waals surface area contributed by atoms with Crippen molar-refractivity contribution >= 4 is 52.1 Å². The summed E-state index contributed by atoms with van der Waals surface area (Å²) >= 11 is 0. The molecular weight excluding hydrogens is 772 g/mol. The van der Waals surface area contributed by atoms with E-state index in [2.05, 4.69) is 163 Å². The van der Waals surface area contributed by atoms with Crippen LogP contribution in [0.4, 0.5) is 0 Å². The lowest BCUT2D eigenvalue weighted by Crippen LogP contribution is -2.28. The van der Waals surface area contributed by atoms with Crippen LogP contribution in [0.15, 0.2) is 240 Å². The Balaban J connectivity index is 1.03. The molecule has 0 heterocycles. The van der Waals surface area contributed by atoms with Crippen molar-refractivity contribution in [1.82, 2.24) is 0 Å². The molecule has 0 amide bonds. The monoisotopic (exact) mass is 812 g/mol. The number of allylic oxidation sites excluding steroid dienone is 1. The van der Waals surface area contributed by atoms with Crippen LogP contribution in [-0.2, 0) is 16.4 Å². The highest BCUT2D eigenvalue weighted by Crippen LogP contribution is 2.62. The van der Waals surface area contributed by atoms with Crippen molar-refractivity contribution in [3.63, 3.8) is 0 Å². The molecule has 1 spiro atoms. The van der Waals surface area contributed by atoms with Gasteiger partial charge in [-0.2, -0.15) is 0 Å². The summed E-state index contributed by atoms with van der Waals surface area (Å²) in [6, 6.07) is 78.0. The van der Waals surface area contributed by atoms with E-state index in [9.17, 15) is 4.57 Å². The lowest BCUT2D eigenvalue weighted by molar-refractivity contribution is 0.592. The highest BCUT2D eigenvalue weighted by Gasteiger charge is 2.53. The molecule has 0 unspecified atom stereocenters. The third-order valence-electron chi connectivity index (χ3n) is 12.8. The van der Waals surface area contributed by atoms with Gasteiger partial charge in [0.25, 0.3) is 0 Å². The normalized spacial score (nSPS) is 13.8. The maximum absolute atomic E-state index is 15.0. The summed E-state index contributed by atoms with van der Waals surface area (Å²) in [5.74, 6) is 0.565. The zero-order valence-corrected chi connectivity index (χ0v) is 34.9. The highest BCUT2D eigenvalue weighted by molar-refractivity contribution is 7.85. The lowest BCUT2D eigenvalue weighted by Gasteiger charge is -2.33. The molecule has 0 atom stereocenters. The van der Waals surface area contributed by atoms with Crippen LogP contribution in [0.2, 0.25) is 0 Å². The van der Waals surface area contributed by atoms with E-state index in [-0.39, 0.29) is 0 Å². The molecule has 11 rings (SSSR count). The van der Waals surface area contributed by atoms with Gasteiger partial charge in [-0.1, -0.05) is 224 Å². The Morgan fingerprint density at radius 2 is 0.935 bits per heavy atom. The SMILES string of the molecule is C=NC(=NC1=C(Cc2cccc3ccccc23)C2(c3ccccc31)c1ccccc1-c1ccccc12)c1ccc(-c2ccc(P(=O)(c3ccccc3)c3ccccc3)cc2)cc1. The fourth-order valence-electron chi connectivity index (χ4n) is 10.0. The second kappa shape index (κ2) is 15.2. The van der Waals surface area contributed by atoms with E-state index in [0.29, 0.717) is 12.3 Å². The molecule has 0 fully saturated rings. The number of aliphatic imine (C=N–C) groups is 2. The van der Waals surface area contributed by atoms with Crippen molar-refractivity contribution in [2.24, 2.45) is 9.98 Å². The summed E-state index contributed by atoms with van der Waals surface area (Å²) in [5, 5.41) is 4.90. The first-order valence-electron chi connectivity index (χ1n) is 21.1. The summed E-state index contributed by atoms with van der Waals surface area (Å²) < 4.78 is 15.0. The lowest BCUT2D eigenvalue weighted by atomic mass is 9.68. The van der Waals surface area contributed by atoms with Gasteiger partial charge < -0.3 is 4.57 Å². The maximum atomic E-state index is 15.0. The third-order valence-corrected chi connectivity index (χ3v) is 15.9. The number of rotatable bonds is 8. The van der Waals surface area contributed by atoms with E-state index in [1.165, 1.54) is 49.7 Å². The summed E-state index contributed by atoms with van der Waals surface area (Å²) in [7, 11) is -3.08. The topological polar surface area (TPSA) is 41.8 Å². The number of hydrogen-bond acceptors (Lipinski definition) is 2. The quantitative estimate of drug-likeness (QED) is 0.0856. The molecule has 62 heavy (non-hydrogen) atoms. The van der Waals surface area contributed by atoms with Gasteiger partial charge in [0.2, 0.25) is 0 Å². The molecule has 0 radical (unpaired) electrons. The van der Waals surface area contributed by atoms with E-state index in [1.54, 1.807) is 0 Å². The van der Waals surface area contributed by atoms with Gasteiger partial charge in [-0.15, -0.1) is 0 Å². The minimum atomic E-state index is -3.08. The number of amidine groups is 1. The molecule has 2 aliphatic carbocycles. The van der Waals surface area contributed by atoms with Gasteiger partial charge in [-0.3, -0.25) is 0 Å². The van der Waals surface area contributed by atoms with Gasteiger partial charge in [-0.05, 0) is 74.0 Å². The zero-order chi connectivity index (χ0) is 41.7. The molecule has 3 nitrogen and oxygen atoms in total. The van der Waals surface area contributed by atoms with Crippen molar-refractivity contribution < 1.29 is 4.57 Å². The van der Waals surface area contributed by atoms with Crippen molar-refractivity contribution in [1.29, 1.82) is 0 Å². The van der Waals surface area contributed by atoms with E-state index in [1.807, 2.05) is 72.8 Å². The van der Waals surface area contributed by atoms with Crippen molar-refractivity contribution in [3.8, 4) is 22.3 Å². The smallest absolute Gasteiger partial charge is 0.171 e. The second-order valence-corrected chi connectivity index (χ2v) is 18.8. The van der Waals surface area contributed by atoms with Crippen LogP contribution in [0.1, 0.15) is 33.4 Å². The Bertz CT molecular complexity index is 3200. The average molecular weight is 813 g/mol. The Kier molecular flexibility index (Phi) is 9.22. The first kappa shape index (κ1) is 37.5. The zero-order valence-electron chi connectivity index (χ0n) is 34.0. The molecule has 9 aromatic rings. The van der Waals surface area contributed by atoms with Crippen LogP contribution in [0.3, 0.4) is 0 Å². The number of benzene rings is 9. The predicted octanol–water partition coefficient (Wildman–Crippen LogP) is 12.6. The fourth-order valence-corrected chi connectivity index (χ4v) is 12.7. The maximum Gasteiger partial charge on any atom is 0.171 e. The minimum absolute atomic E-state index is 0.549. The van der Waals surface area contributed by atoms with E-state index >= 15 is 0 Å². The molecule has 0 aromatic heterocycles. The predicted molar refractivity (Wildman–Crippen MR) is 260 cm³/mol.